The molecule has 0 aromatic heterocycles. The second kappa shape index (κ2) is 3.90. The maximum Gasteiger partial charge on any atom is 0.339 e. The number of cyclic esters (lactones) is 1. The van der Waals surface area contributed by atoms with Crippen molar-refractivity contribution in [3.8, 4) is 0 Å². The largest absolute Gasteiger partial charge is 0.449 e. The molecule has 1 aliphatic rings. The Balaban J connectivity index is 2.07. The number of rotatable bonds is 1. The number of ether oxygens (including phenoxy) is 1. The van der Waals surface area contributed by atoms with E-state index in [9.17, 15) is 4.79 Å². The smallest absolute Gasteiger partial charge is 0.339 e. The van der Waals surface area contributed by atoms with Crippen LogP contribution in [0.5, 0.6) is 0 Å². The average molecular weight is 245 g/mol. The van der Waals surface area contributed by atoms with E-state index in [1.54, 1.807) is 18.2 Å². The van der Waals surface area contributed by atoms with Gasteiger partial charge in [0.1, 0.15) is 0 Å². The van der Waals surface area contributed by atoms with Gasteiger partial charge in [-0.3, -0.25) is 0 Å². The van der Waals surface area contributed by atoms with Gasteiger partial charge in [0.15, 0.2) is 6.10 Å². The Bertz CT molecular complexity index is 575. The number of hydrogen-bond acceptors (Lipinski definition) is 2. The van der Waals surface area contributed by atoms with Gasteiger partial charge in [-0.2, -0.15) is 0 Å². The zero-order valence-electron chi connectivity index (χ0n) is 8.89. The molecule has 1 aliphatic heterocycles. The van der Waals surface area contributed by atoms with Gasteiger partial charge in [0.25, 0.3) is 0 Å². The van der Waals surface area contributed by atoms with Gasteiger partial charge in [0.05, 0.1) is 5.56 Å². The average Bonchev–Trinajstić information content (AvgIpc) is 2.69. The van der Waals surface area contributed by atoms with Crippen LogP contribution < -0.4 is 0 Å². The molecule has 0 saturated carbocycles. The van der Waals surface area contributed by atoms with Crippen molar-refractivity contribution in [3.05, 3.63) is 70.2 Å². The molecule has 0 saturated heterocycles. The molecular formula is C14H9ClO2. The van der Waals surface area contributed by atoms with E-state index in [0.29, 0.717) is 10.6 Å². The quantitative estimate of drug-likeness (QED) is 0.717. The highest BCUT2D eigenvalue weighted by atomic mass is 35.5. The zero-order chi connectivity index (χ0) is 11.8. The fraction of sp³-hybridized carbons (Fsp3) is 0.0714. The number of carbonyl (C=O) groups excluding carboxylic acids is 1. The SMILES string of the molecule is O=C1OC(c2ccc(Cl)cc2)c2ccccc21. The lowest BCUT2D eigenvalue weighted by atomic mass is 9.99. The van der Waals surface area contributed by atoms with Gasteiger partial charge in [-0.25, -0.2) is 4.79 Å². The van der Waals surface area contributed by atoms with E-state index < -0.39 is 0 Å². The number of hydrogen-bond donors (Lipinski definition) is 0. The molecule has 0 spiro atoms. The first-order valence-electron chi connectivity index (χ1n) is 5.31. The summed E-state index contributed by atoms with van der Waals surface area (Å²) in [7, 11) is 0. The summed E-state index contributed by atoms with van der Waals surface area (Å²) in [5.74, 6) is -0.263. The van der Waals surface area contributed by atoms with Crippen LogP contribution in [0.15, 0.2) is 48.5 Å². The molecule has 2 aromatic carbocycles. The van der Waals surface area contributed by atoms with E-state index in [2.05, 4.69) is 0 Å². The topological polar surface area (TPSA) is 26.3 Å². The van der Waals surface area contributed by atoms with Crippen LogP contribution in [0.1, 0.15) is 27.6 Å². The summed E-state index contributed by atoms with van der Waals surface area (Å²) in [5.41, 5.74) is 2.50. The molecule has 2 nitrogen and oxygen atoms in total. The van der Waals surface area contributed by atoms with Crippen molar-refractivity contribution in [1.29, 1.82) is 0 Å². The lowest BCUT2D eigenvalue weighted by Crippen LogP contribution is -2.00. The maximum atomic E-state index is 11.7. The van der Waals surface area contributed by atoms with E-state index in [0.717, 1.165) is 11.1 Å². The number of fused-ring (bicyclic) bond motifs is 1. The first-order valence-corrected chi connectivity index (χ1v) is 5.69. The second-order valence-corrected chi connectivity index (χ2v) is 4.36. The molecular weight excluding hydrogens is 236 g/mol. The van der Waals surface area contributed by atoms with Gasteiger partial charge in [0.2, 0.25) is 0 Å². The molecule has 3 rings (SSSR count). The Morgan fingerprint density at radius 3 is 2.47 bits per heavy atom. The Hall–Kier alpha value is -1.80. The fourth-order valence-corrected chi connectivity index (χ4v) is 2.16. The summed E-state index contributed by atoms with van der Waals surface area (Å²) in [6.07, 6.45) is -0.309. The van der Waals surface area contributed by atoms with Crippen molar-refractivity contribution in [2.75, 3.05) is 0 Å². The first-order chi connectivity index (χ1) is 8.25. The maximum absolute atomic E-state index is 11.7. The summed E-state index contributed by atoms with van der Waals surface area (Å²) in [5, 5.41) is 0.673. The van der Waals surface area contributed by atoms with Crippen LogP contribution in [0.4, 0.5) is 0 Å². The third kappa shape index (κ3) is 1.71. The number of halogens is 1. The van der Waals surface area contributed by atoms with Gasteiger partial charge in [-0.1, -0.05) is 41.9 Å². The normalized spacial score (nSPS) is 17.7. The summed E-state index contributed by atoms with van der Waals surface area (Å²) in [4.78, 5) is 11.7. The predicted molar refractivity (Wildman–Crippen MR) is 65.2 cm³/mol. The van der Waals surface area contributed by atoms with Crippen molar-refractivity contribution >= 4 is 17.6 Å². The van der Waals surface area contributed by atoms with Gasteiger partial charge >= 0.3 is 5.97 Å². The van der Waals surface area contributed by atoms with Crippen LogP contribution >= 0.6 is 11.6 Å². The molecule has 0 N–H and O–H groups in total. The molecule has 84 valence electrons. The summed E-state index contributed by atoms with van der Waals surface area (Å²) >= 11 is 5.84. The van der Waals surface area contributed by atoms with Crippen LogP contribution in [-0.2, 0) is 4.74 Å². The minimum absolute atomic E-state index is 0.263. The minimum Gasteiger partial charge on any atom is -0.449 e. The van der Waals surface area contributed by atoms with Crippen molar-refractivity contribution in [2.24, 2.45) is 0 Å². The predicted octanol–water partition coefficient (Wildman–Crippen LogP) is 3.60. The number of carbonyl (C=O) groups is 1. The second-order valence-electron chi connectivity index (χ2n) is 3.92. The lowest BCUT2D eigenvalue weighted by Gasteiger charge is -2.10. The lowest BCUT2D eigenvalue weighted by molar-refractivity contribution is 0.0456. The molecule has 0 aliphatic carbocycles. The van der Waals surface area contributed by atoms with E-state index in [-0.39, 0.29) is 12.1 Å². The molecule has 2 aromatic rings. The van der Waals surface area contributed by atoms with E-state index in [4.69, 9.17) is 16.3 Å². The van der Waals surface area contributed by atoms with E-state index in [1.807, 2.05) is 30.3 Å². The Morgan fingerprint density at radius 1 is 1.00 bits per heavy atom. The summed E-state index contributed by atoms with van der Waals surface area (Å²) in [6, 6.07) is 14.8. The molecule has 0 fully saturated rings. The Kier molecular flexibility index (Phi) is 2.37. The Morgan fingerprint density at radius 2 is 1.71 bits per heavy atom. The molecule has 1 heterocycles. The third-order valence-corrected chi connectivity index (χ3v) is 3.11. The first kappa shape index (κ1) is 10.4. The minimum atomic E-state index is -0.309. The number of benzene rings is 2. The van der Waals surface area contributed by atoms with Gasteiger partial charge in [-0.15, -0.1) is 0 Å². The molecule has 0 bridgehead atoms. The molecule has 1 unspecified atom stereocenters. The molecule has 3 heteroatoms. The van der Waals surface area contributed by atoms with Gasteiger partial charge in [0, 0.05) is 10.6 Å². The van der Waals surface area contributed by atoms with Crippen LogP contribution in [-0.4, -0.2) is 5.97 Å². The Labute approximate surface area is 104 Å². The highest BCUT2D eigenvalue weighted by Crippen LogP contribution is 2.35. The van der Waals surface area contributed by atoms with Crippen molar-refractivity contribution in [3.63, 3.8) is 0 Å². The van der Waals surface area contributed by atoms with Gasteiger partial charge < -0.3 is 4.74 Å². The van der Waals surface area contributed by atoms with Crippen LogP contribution in [0.25, 0.3) is 0 Å². The number of esters is 1. The van der Waals surface area contributed by atoms with Crippen molar-refractivity contribution < 1.29 is 9.53 Å². The highest BCUT2D eigenvalue weighted by molar-refractivity contribution is 6.30. The molecule has 1 atom stereocenters. The summed E-state index contributed by atoms with van der Waals surface area (Å²) in [6.45, 7) is 0. The van der Waals surface area contributed by atoms with Crippen LogP contribution in [0.3, 0.4) is 0 Å². The third-order valence-electron chi connectivity index (χ3n) is 2.86. The zero-order valence-corrected chi connectivity index (χ0v) is 9.65. The van der Waals surface area contributed by atoms with Crippen molar-refractivity contribution in [2.45, 2.75) is 6.10 Å². The standard InChI is InChI=1S/C14H9ClO2/c15-10-7-5-9(6-8-10)13-11-3-1-2-4-12(11)14(16)17-13/h1-8,13H. The van der Waals surface area contributed by atoms with Crippen molar-refractivity contribution in [1.82, 2.24) is 0 Å². The molecule has 17 heavy (non-hydrogen) atoms. The fourth-order valence-electron chi connectivity index (χ4n) is 2.03. The monoisotopic (exact) mass is 244 g/mol. The van der Waals surface area contributed by atoms with Crippen LogP contribution in [0, 0.1) is 0 Å². The van der Waals surface area contributed by atoms with Gasteiger partial charge in [-0.05, 0) is 23.8 Å². The van der Waals surface area contributed by atoms with E-state index in [1.165, 1.54) is 0 Å². The van der Waals surface area contributed by atoms with Crippen LogP contribution in [0.2, 0.25) is 5.02 Å². The molecule has 0 radical (unpaired) electrons. The van der Waals surface area contributed by atoms with E-state index >= 15 is 0 Å². The highest BCUT2D eigenvalue weighted by Gasteiger charge is 2.31. The summed E-state index contributed by atoms with van der Waals surface area (Å²) < 4.78 is 5.38. The molecule has 0 amide bonds.